The lowest BCUT2D eigenvalue weighted by Gasteiger charge is -2.02. The van der Waals surface area contributed by atoms with Crippen molar-refractivity contribution >= 4 is 11.8 Å². The van der Waals surface area contributed by atoms with Crippen LogP contribution in [0.5, 0.6) is 5.75 Å². The third kappa shape index (κ3) is 3.89. The summed E-state index contributed by atoms with van der Waals surface area (Å²) in [5.41, 5.74) is 2.54. The Morgan fingerprint density at radius 2 is 1.77 bits per heavy atom. The van der Waals surface area contributed by atoms with Crippen LogP contribution in [0, 0.1) is 6.92 Å². The minimum atomic E-state index is 0.280. The summed E-state index contributed by atoms with van der Waals surface area (Å²) in [5, 5.41) is 8.61. The average Bonchev–Trinajstić information content (AvgIpc) is 3.01. The third-order valence-electron chi connectivity index (χ3n) is 3.17. The molecular formula is C17H16N2O2S. The molecule has 1 heterocycles. The molecule has 0 fully saturated rings. The molecule has 0 bridgehead atoms. The van der Waals surface area contributed by atoms with Gasteiger partial charge in [0.15, 0.2) is 6.61 Å². The highest BCUT2D eigenvalue weighted by Crippen LogP contribution is 2.23. The van der Waals surface area contributed by atoms with Gasteiger partial charge in [-0.05, 0) is 30.2 Å². The molecule has 0 unspecified atom stereocenters. The molecule has 0 aliphatic rings. The Morgan fingerprint density at radius 1 is 1.00 bits per heavy atom. The van der Waals surface area contributed by atoms with Gasteiger partial charge in [-0.1, -0.05) is 54.2 Å². The zero-order chi connectivity index (χ0) is 15.2. The van der Waals surface area contributed by atoms with Gasteiger partial charge in [0.1, 0.15) is 5.75 Å². The van der Waals surface area contributed by atoms with Crippen LogP contribution in [0.1, 0.15) is 17.0 Å². The van der Waals surface area contributed by atoms with Crippen LogP contribution in [0.4, 0.5) is 0 Å². The summed E-state index contributed by atoms with van der Waals surface area (Å²) in [5.74, 6) is 2.08. The van der Waals surface area contributed by atoms with Crippen molar-refractivity contribution < 1.29 is 9.15 Å². The predicted molar refractivity (Wildman–Crippen MR) is 85.8 cm³/mol. The topological polar surface area (TPSA) is 48.2 Å². The molecule has 2 aromatic carbocycles. The summed E-state index contributed by atoms with van der Waals surface area (Å²) >= 11 is 1.53. The number of hydrogen-bond acceptors (Lipinski definition) is 5. The first kappa shape index (κ1) is 14.7. The van der Waals surface area contributed by atoms with Crippen LogP contribution in [0.25, 0.3) is 0 Å². The van der Waals surface area contributed by atoms with Crippen LogP contribution in [-0.2, 0) is 12.4 Å². The second kappa shape index (κ2) is 7.13. The molecule has 3 aromatic rings. The van der Waals surface area contributed by atoms with Gasteiger partial charge < -0.3 is 9.15 Å². The highest BCUT2D eigenvalue weighted by atomic mass is 32.2. The van der Waals surface area contributed by atoms with Crippen LogP contribution >= 0.6 is 11.8 Å². The van der Waals surface area contributed by atoms with Crippen molar-refractivity contribution in [3.8, 4) is 5.75 Å². The van der Waals surface area contributed by atoms with E-state index in [0.29, 0.717) is 11.1 Å². The molecule has 22 heavy (non-hydrogen) atoms. The number of rotatable bonds is 6. The number of benzene rings is 2. The quantitative estimate of drug-likeness (QED) is 0.637. The van der Waals surface area contributed by atoms with Gasteiger partial charge in [0, 0.05) is 5.75 Å². The minimum absolute atomic E-state index is 0.280. The predicted octanol–water partition coefficient (Wildman–Crippen LogP) is 4.25. The largest absolute Gasteiger partial charge is 0.484 e. The lowest BCUT2D eigenvalue weighted by Crippen LogP contribution is -1.95. The second-order valence-electron chi connectivity index (χ2n) is 4.78. The molecule has 1 aromatic heterocycles. The van der Waals surface area contributed by atoms with Crippen molar-refractivity contribution in [1.82, 2.24) is 10.2 Å². The molecule has 0 radical (unpaired) electrons. The van der Waals surface area contributed by atoms with Crippen molar-refractivity contribution in [2.24, 2.45) is 0 Å². The molecule has 0 saturated heterocycles. The lowest BCUT2D eigenvalue weighted by molar-refractivity contribution is 0.252. The van der Waals surface area contributed by atoms with E-state index in [9.17, 15) is 0 Å². The maximum Gasteiger partial charge on any atom is 0.277 e. The van der Waals surface area contributed by atoms with Gasteiger partial charge in [-0.2, -0.15) is 0 Å². The number of para-hydroxylation sites is 1. The summed E-state index contributed by atoms with van der Waals surface area (Å²) in [6, 6.07) is 17.9. The van der Waals surface area contributed by atoms with Gasteiger partial charge in [0.2, 0.25) is 0 Å². The Bertz CT molecular complexity index is 728. The van der Waals surface area contributed by atoms with E-state index in [-0.39, 0.29) is 6.61 Å². The summed E-state index contributed by atoms with van der Waals surface area (Å²) < 4.78 is 11.2. The number of aryl methyl sites for hydroxylation is 1. The number of hydrogen-bond donors (Lipinski definition) is 0. The fourth-order valence-electron chi connectivity index (χ4n) is 1.93. The first-order valence-electron chi connectivity index (χ1n) is 6.99. The summed E-state index contributed by atoms with van der Waals surface area (Å²) in [7, 11) is 0. The fraction of sp³-hybridized carbons (Fsp3) is 0.176. The summed E-state index contributed by atoms with van der Waals surface area (Å²) in [4.78, 5) is 0. The maximum atomic E-state index is 5.58. The second-order valence-corrected chi connectivity index (χ2v) is 5.71. The Balaban J connectivity index is 1.54. The minimum Gasteiger partial charge on any atom is -0.484 e. The van der Waals surface area contributed by atoms with Crippen LogP contribution in [0.15, 0.2) is 64.2 Å². The zero-order valence-electron chi connectivity index (χ0n) is 12.2. The molecule has 5 heteroatoms. The molecule has 4 nitrogen and oxygen atoms in total. The molecule has 0 aliphatic carbocycles. The highest BCUT2D eigenvalue weighted by molar-refractivity contribution is 7.98. The molecule has 112 valence electrons. The number of thioether (sulfide) groups is 1. The van der Waals surface area contributed by atoms with Gasteiger partial charge in [-0.15, -0.1) is 10.2 Å². The van der Waals surface area contributed by atoms with Crippen molar-refractivity contribution in [2.75, 3.05) is 0 Å². The van der Waals surface area contributed by atoms with Gasteiger partial charge in [0.05, 0.1) is 0 Å². The molecule has 0 saturated carbocycles. The van der Waals surface area contributed by atoms with Crippen LogP contribution < -0.4 is 4.74 Å². The fourth-order valence-corrected chi connectivity index (χ4v) is 2.78. The monoisotopic (exact) mass is 312 g/mol. The van der Waals surface area contributed by atoms with Gasteiger partial charge in [0.25, 0.3) is 11.1 Å². The van der Waals surface area contributed by atoms with Crippen molar-refractivity contribution in [3.05, 3.63) is 71.6 Å². The zero-order valence-corrected chi connectivity index (χ0v) is 13.0. The highest BCUT2D eigenvalue weighted by Gasteiger charge is 2.08. The van der Waals surface area contributed by atoms with Crippen molar-refractivity contribution in [3.63, 3.8) is 0 Å². The average molecular weight is 312 g/mol. The third-order valence-corrected chi connectivity index (χ3v) is 4.03. The Kier molecular flexibility index (Phi) is 4.75. The first-order chi connectivity index (χ1) is 10.8. The Hall–Kier alpha value is -2.27. The van der Waals surface area contributed by atoms with E-state index < -0.39 is 0 Å². The van der Waals surface area contributed by atoms with E-state index >= 15 is 0 Å². The van der Waals surface area contributed by atoms with Crippen LogP contribution in [0.2, 0.25) is 0 Å². The molecule has 0 atom stereocenters. The Labute approximate surface area is 133 Å². The standard InChI is InChI=1S/C17H16N2O2S/c1-13-7-5-6-8-14(13)12-22-17-19-18-16(21-17)11-20-15-9-3-2-4-10-15/h2-10H,11-12H2,1H3. The van der Waals surface area contributed by atoms with Gasteiger partial charge in [-0.3, -0.25) is 0 Å². The smallest absolute Gasteiger partial charge is 0.277 e. The molecule has 0 spiro atoms. The molecular weight excluding hydrogens is 296 g/mol. The van der Waals surface area contributed by atoms with Crippen LogP contribution in [-0.4, -0.2) is 10.2 Å². The molecule has 0 aliphatic heterocycles. The van der Waals surface area contributed by atoms with Crippen LogP contribution in [0.3, 0.4) is 0 Å². The summed E-state index contributed by atoms with van der Waals surface area (Å²) in [6.45, 7) is 2.38. The lowest BCUT2D eigenvalue weighted by atomic mass is 10.1. The molecule has 0 N–H and O–H groups in total. The number of nitrogens with zero attached hydrogens (tertiary/aromatic N) is 2. The number of aromatic nitrogens is 2. The SMILES string of the molecule is Cc1ccccc1CSc1nnc(COc2ccccc2)o1. The molecule has 3 rings (SSSR count). The summed E-state index contributed by atoms with van der Waals surface area (Å²) in [6.07, 6.45) is 0. The van der Waals surface area contributed by atoms with Gasteiger partial charge in [-0.25, -0.2) is 0 Å². The van der Waals surface area contributed by atoms with Gasteiger partial charge >= 0.3 is 0 Å². The maximum absolute atomic E-state index is 5.58. The van der Waals surface area contributed by atoms with E-state index in [1.54, 1.807) is 0 Å². The Morgan fingerprint density at radius 3 is 2.59 bits per heavy atom. The number of ether oxygens (including phenoxy) is 1. The molecule has 0 amide bonds. The van der Waals surface area contributed by atoms with E-state index in [4.69, 9.17) is 9.15 Å². The van der Waals surface area contributed by atoms with E-state index in [1.807, 2.05) is 42.5 Å². The van der Waals surface area contributed by atoms with Crippen molar-refractivity contribution in [2.45, 2.75) is 24.5 Å². The first-order valence-corrected chi connectivity index (χ1v) is 7.97. The van der Waals surface area contributed by atoms with E-state index in [2.05, 4.69) is 29.3 Å². The normalized spacial score (nSPS) is 10.6. The van der Waals surface area contributed by atoms with E-state index in [0.717, 1.165) is 11.5 Å². The van der Waals surface area contributed by atoms with Crippen molar-refractivity contribution in [1.29, 1.82) is 0 Å². The van der Waals surface area contributed by atoms with E-state index in [1.165, 1.54) is 22.9 Å².